The quantitative estimate of drug-likeness (QED) is 0.739. The number of benzene rings is 1. The van der Waals surface area contributed by atoms with Gasteiger partial charge in [0, 0.05) is 7.05 Å². The second kappa shape index (κ2) is 4.96. The summed E-state index contributed by atoms with van der Waals surface area (Å²) in [6.07, 6.45) is 1.83. The van der Waals surface area contributed by atoms with Gasteiger partial charge in [-0.1, -0.05) is 17.7 Å². The third-order valence-electron chi connectivity index (χ3n) is 3.71. The Bertz CT molecular complexity index is 869. The zero-order valence-electron chi connectivity index (χ0n) is 12.5. The normalized spacial score (nSPS) is 11.0. The third-order valence-corrected chi connectivity index (χ3v) is 4.08. The van der Waals surface area contributed by atoms with Crippen molar-refractivity contribution in [2.24, 2.45) is 7.05 Å². The summed E-state index contributed by atoms with van der Waals surface area (Å²) in [5, 5.41) is 11.6. The van der Waals surface area contributed by atoms with Crippen LogP contribution in [0.1, 0.15) is 16.8 Å². The lowest BCUT2D eigenvalue weighted by molar-refractivity contribution is 0.839. The van der Waals surface area contributed by atoms with Crippen LogP contribution in [0.4, 0.5) is 0 Å². The largest absolute Gasteiger partial charge is 0.303 e. The zero-order chi connectivity index (χ0) is 15.1. The van der Waals surface area contributed by atoms with Crippen LogP contribution in [-0.4, -0.2) is 24.5 Å². The maximum absolute atomic E-state index is 5.17. The molecule has 21 heavy (non-hydrogen) atoms. The van der Waals surface area contributed by atoms with E-state index in [-0.39, 0.29) is 0 Å². The van der Waals surface area contributed by atoms with Gasteiger partial charge in [-0.05, 0) is 44.6 Å². The van der Waals surface area contributed by atoms with Crippen LogP contribution in [0.5, 0.6) is 0 Å². The molecule has 0 saturated carbocycles. The van der Waals surface area contributed by atoms with Gasteiger partial charge >= 0.3 is 0 Å². The monoisotopic (exact) mass is 299 g/mol. The van der Waals surface area contributed by atoms with Gasteiger partial charge in [-0.3, -0.25) is 5.10 Å². The fraction of sp³-hybridized carbons (Fsp3) is 0.267. The molecule has 0 aliphatic carbocycles. The summed E-state index contributed by atoms with van der Waals surface area (Å²) in [6, 6.07) is 6.35. The second-order valence-corrected chi connectivity index (χ2v) is 5.64. The van der Waals surface area contributed by atoms with Gasteiger partial charge in [-0.25, -0.2) is 4.68 Å². The Kier molecular flexibility index (Phi) is 3.25. The molecular weight excluding hydrogens is 282 g/mol. The van der Waals surface area contributed by atoms with Crippen molar-refractivity contribution in [2.45, 2.75) is 20.8 Å². The SMILES string of the molecule is Cc1ccc(-n2ncc(-c3n[nH]c(=S)n3C)c2C)c(C)c1. The molecule has 3 aromatic rings. The van der Waals surface area contributed by atoms with Crippen molar-refractivity contribution in [3.8, 4) is 17.1 Å². The molecular formula is C15H17N5S. The van der Waals surface area contributed by atoms with Gasteiger partial charge in [0.05, 0.1) is 23.1 Å². The number of aromatic amines is 1. The lowest BCUT2D eigenvalue weighted by Gasteiger charge is -2.09. The minimum absolute atomic E-state index is 0.601. The van der Waals surface area contributed by atoms with Gasteiger partial charge in [0.15, 0.2) is 10.6 Å². The van der Waals surface area contributed by atoms with E-state index in [0.717, 1.165) is 22.8 Å². The molecule has 0 unspecified atom stereocenters. The van der Waals surface area contributed by atoms with Crippen molar-refractivity contribution < 1.29 is 0 Å². The van der Waals surface area contributed by atoms with Crippen molar-refractivity contribution in [1.82, 2.24) is 24.5 Å². The molecule has 0 atom stereocenters. The highest BCUT2D eigenvalue weighted by atomic mass is 32.1. The van der Waals surface area contributed by atoms with Crippen LogP contribution in [0.2, 0.25) is 0 Å². The maximum atomic E-state index is 5.17. The average Bonchev–Trinajstić information content (AvgIpc) is 2.95. The topological polar surface area (TPSA) is 51.4 Å². The van der Waals surface area contributed by atoms with E-state index in [4.69, 9.17) is 12.2 Å². The summed E-state index contributed by atoms with van der Waals surface area (Å²) < 4.78 is 4.40. The summed E-state index contributed by atoms with van der Waals surface area (Å²) in [7, 11) is 1.90. The van der Waals surface area contributed by atoms with E-state index in [2.05, 4.69) is 47.3 Å². The summed E-state index contributed by atoms with van der Waals surface area (Å²) >= 11 is 5.17. The van der Waals surface area contributed by atoms with Crippen LogP contribution in [-0.2, 0) is 7.05 Å². The third kappa shape index (κ3) is 2.21. The minimum atomic E-state index is 0.601. The van der Waals surface area contributed by atoms with Crippen LogP contribution in [0.15, 0.2) is 24.4 Å². The molecule has 2 heterocycles. The Morgan fingerprint density at radius 1 is 1.19 bits per heavy atom. The summed E-state index contributed by atoms with van der Waals surface area (Å²) in [5.74, 6) is 0.800. The molecule has 0 aliphatic heterocycles. The number of nitrogens with zero attached hydrogens (tertiary/aromatic N) is 4. The molecule has 2 aromatic heterocycles. The molecule has 1 aromatic carbocycles. The fourth-order valence-corrected chi connectivity index (χ4v) is 2.64. The number of rotatable bonds is 2. The molecule has 0 bridgehead atoms. The molecule has 0 radical (unpaired) electrons. The Balaban J connectivity index is 2.15. The molecule has 0 spiro atoms. The van der Waals surface area contributed by atoms with E-state index >= 15 is 0 Å². The molecule has 0 saturated heterocycles. The fourth-order valence-electron chi connectivity index (χ4n) is 2.50. The predicted molar refractivity (Wildman–Crippen MR) is 85.2 cm³/mol. The van der Waals surface area contributed by atoms with Crippen LogP contribution in [0.3, 0.4) is 0 Å². The van der Waals surface area contributed by atoms with Crippen LogP contribution in [0.25, 0.3) is 17.1 Å². The highest BCUT2D eigenvalue weighted by Gasteiger charge is 2.15. The first-order valence-electron chi connectivity index (χ1n) is 6.73. The van der Waals surface area contributed by atoms with E-state index in [1.807, 2.05) is 29.4 Å². The Morgan fingerprint density at radius 3 is 2.57 bits per heavy atom. The van der Waals surface area contributed by atoms with E-state index in [0.29, 0.717) is 4.77 Å². The first-order chi connectivity index (χ1) is 9.99. The van der Waals surface area contributed by atoms with E-state index in [1.165, 1.54) is 11.1 Å². The zero-order valence-corrected chi connectivity index (χ0v) is 13.3. The van der Waals surface area contributed by atoms with Gasteiger partial charge < -0.3 is 4.57 Å². The number of H-pyrrole nitrogens is 1. The molecule has 1 N–H and O–H groups in total. The van der Waals surface area contributed by atoms with Crippen LogP contribution >= 0.6 is 12.2 Å². The van der Waals surface area contributed by atoms with Gasteiger partial charge in [0.2, 0.25) is 0 Å². The average molecular weight is 299 g/mol. The van der Waals surface area contributed by atoms with Crippen molar-refractivity contribution in [3.05, 3.63) is 46.0 Å². The van der Waals surface area contributed by atoms with Gasteiger partial charge in [0.25, 0.3) is 0 Å². The first-order valence-corrected chi connectivity index (χ1v) is 7.14. The molecule has 5 nitrogen and oxygen atoms in total. The lowest BCUT2D eigenvalue weighted by Crippen LogP contribution is -2.02. The van der Waals surface area contributed by atoms with Crippen molar-refractivity contribution in [1.29, 1.82) is 0 Å². The van der Waals surface area contributed by atoms with Gasteiger partial charge in [0.1, 0.15) is 0 Å². The lowest BCUT2D eigenvalue weighted by atomic mass is 10.1. The Morgan fingerprint density at radius 2 is 1.95 bits per heavy atom. The maximum Gasteiger partial charge on any atom is 0.195 e. The first kappa shape index (κ1) is 13.8. The highest BCUT2D eigenvalue weighted by Crippen LogP contribution is 2.24. The van der Waals surface area contributed by atoms with E-state index in [1.54, 1.807) is 0 Å². The van der Waals surface area contributed by atoms with Crippen molar-refractivity contribution in [2.75, 3.05) is 0 Å². The smallest absolute Gasteiger partial charge is 0.195 e. The highest BCUT2D eigenvalue weighted by molar-refractivity contribution is 7.71. The van der Waals surface area contributed by atoms with Crippen LogP contribution < -0.4 is 0 Å². The van der Waals surface area contributed by atoms with Gasteiger partial charge in [-0.15, -0.1) is 0 Å². The summed E-state index contributed by atoms with van der Waals surface area (Å²) in [6.45, 7) is 6.23. The second-order valence-electron chi connectivity index (χ2n) is 5.26. The molecule has 0 amide bonds. The number of hydrogen-bond donors (Lipinski definition) is 1. The minimum Gasteiger partial charge on any atom is -0.303 e. The summed E-state index contributed by atoms with van der Waals surface area (Å²) in [5.41, 5.74) is 5.55. The molecule has 0 aliphatic rings. The number of nitrogens with one attached hydrogen (secondary N) is 1. The Hall–Kier alpha value is -2.21. The molecule has 6 heteroatoms. The standard InChI is InChI=1S/C15H17N5S/c1-9-5-6-13(10(2)7-9)20-11(3)12(8-16-20)14-17-18-15(21)19(14)4/h5-8H,1-4H3,(H,18,21). The van der Waals surface area contributed by atoms with Crippen molar-refractivity contribution in [3.63, 3.8) is 0 Å². The Labute approximate surface area is 128 Å². The van der Waals surface area contributed by atoms with E-state index < -0.39 is 0 Å². The number of hydrogen-bond acceptors (Lipinski definition) is 3. The van der Waals surface area contributed by atoms with E-state index in [9.17, 15) is 0 Å². The molecule has 0 fully saturated rings. The molecule has 108 valence electrons. The number of aryl methyl sites for hydroxylation is 2. The van der Waals surface area contributed by atoms with Gasteiger partial charge in [-0.2, -0.15) is 10.2 Å². The summed E-state index contributed by atoms with van der Waals surface area (Å²) in [4.78, 5) is 0. The van der Waals surface area contributed by atoms with Crippen LogP contribution in [0, 0.1) is 25.5 Å². The molecule has 3 rings (SSSR count). The van der Waals surface area contributed by atoms with Crippen molar-refractivity contribution >= 4 is 12.2 Å². The predicted octanol–water partition coefficient (Wildman–Crippen LogP) is 3.26. The number of aromatic nitrogens is 5.